The Morgan fingerprint density at radius 2 is 2.05 bits per heavy atom. The standard InChI is InChI=1S/C13H14ClF3N4O/c14-8-5-18-11(20-10(8)13(15,16)17)12(22)19-9-6-21-3-1-7(9)2-4-21/h5,7,9H,1-4,6H2,(H,19,22)/t9-/m0/s1. The quantitative estimate of drug-likeness (QED) is 0.898. The van der Waals surface area contributed by atoms with Crippen LogP contribution in [0.2, 0.25) is 5.02 Å². The fraction of sp³-hybridized carbons (Fsp3) is 0.615. The van der Waals surface area contributed by atoms with E-state index in [1.807, 2.05) is 0 Å². The molecule has 1 aromatic rings. The summed E-state index contributed by atoms with van der Waals surface area (Å²) in [6, 6.07) is -0.0661. The molecule has 3 aliphatic heterocycles. The molecule has 0 aromatic carbocycles. The van der Waals surface area contributed by atoms with E-state index >= 15 is 0 Å². The summed E-state index contributed by atoms with van der Waals surface area (Å²) in [5, 5.41) is 2.13. The number of hydrogen-bond acceptors (Lipinski definition) is 4. The Balaban J connectivity index is 1.75. The molecule has 3 aliphatic rings. The maximum Gasteiger partial charge on any atom is 0.434 e. The van der Waals surface area contributed by atoms with Gasteiger partial charge in [-0.15, -0.1) is 0 Å². The maximum atomic E-state index is 12.8. The van der Waals surface area contributed by atoms with Gasteiger partial charge in [-0.2, -0.15) is 13.2 Å². The van der Waals surface area contributed by atoms with Crippen molar-refractivity contribution in [3.05, 3.63) is 22.7 Å². The minimum atomic E-state index is -4.72. The van der Waals surface area contributed by atoms with Crippen LogP contribution in [-0.4, -0.2) is 46.5 Å². The van der Waals surface area contributed by atoms with Gasteiger partial charge in [-0.3, -0.25) is 4.79 Å². The highest BCUT2D eigenvalue weighted by atomic mass is 35.5. The number of amides is 1. The van der Waals surface area contributed by atoms with Gasteiger partial charge >= 0.3 is 6.18 Å². The third kappa shape index (κ3) is 3.03. The molecule has 0 saturated carbocycles. The lowest BCUT2D eigenvalue weighted by Gasteiger charge is -2.44. The number of rotatable bonds is 2. The Kier molecular flexibility index (Phi) is 3.98. The van der Waals surface area contributed by atoms with E-state index in [-0.39, 0.29) is 6.04 Å². The maximum absolute atomic E-state index is 12.8. The highest BCUT2D eigenvalue weighted by molar-refractivity contribution is 6.31. The molecule has 1 amide bonds. The first-order valence-electron chi connectivity index (χ1n) is 6.97. The average molecular weight is 335 g/mol. The van der Waals surface area contributed by atoms with Crippen molar-refractivity contribution >= 4 is 17.5 Å². The minimum absolute atomic E-state index is 0.0661. The molecular formula is C13H14ClF3N4O. The first-order chi connectivity index (χ1) is 10.3. The number of hydrogen-bond donors (Lipinski definition) is 1. The summed E-state index contributed by atoms with van der Waals surface area (Å²) in [6.07, 6.45) is -1.94. The van der Waals surface area contributed by atoms with Gasteiger partial charge in [0, 0.05) is 12.6 Å². The molecule has 5 nitrogen and oxygen atoms in total. The van der Waals surface area contributed by atoms with Crippen molar-refractivity contribution < 1.29 is 18.0 Å². The lowest BCUT2D eigenvalue weighted by Crippen LogP contribution is -2.57. The van der Waals surface area contributed by atoms with E-state index in [0.29, 0.717) is 5.92 Å². The van der Waals surface area contributed by atoms with Crippen molar-refractivity contribution in [3.63, 3.8) is 0 Å². The lowest BCUT2D eigenvalue weighted by molar-refractivity contribution is -0.141. The second-order valence-electron chi connectivity index (χ2n) is 5.61. The monoisotopic (exact) mass is 334 g/mol. The summed E-state index contributed by atoms with van der Waals surface area (Å²) in [5.74, 6) is -0.836. The molecule has 120 valence electrons. The van der Waals surface area contributed by atoms with Crippen LogP contribution in [0, 0.1) is 5.92 Å². The molecule has 2 bridgehead atoms. The predicted octanol–water partition coefficient (Wildman–Crippen LogP) is 1.97. The van der Waals surface area contributed by atoms with Gasteiger partial charge in [0.05, 0.1) is 11.2 Å². The Bertz CT molecular complexity index is 587. The Labute approximate surface area is 129 Å². The normalized spacial score (nSPS) is 27.7. The van der Waals surface area contributed by atoms with E-state index < -0.39 is 28.6 Å². The third-order valence-electron chi connectivity index (χ3n) is 4.19. The molecule has 0 unspecified atom stereocenters. The number of alkyl halides is 3. The van der Waals surface area contributed by atoms with Crippen molar-refractivity contribution in [1.29, 1.82) is 0 Å². The van der Waals surface area contributed by atoms with E-state index in [0.717, 1.165) is 38.7 Å². The van der Waals surface area contributed by atoms with Crippen molar-refractivity contribution in [2.45, 2.75) is 25.1 Å². The third-order valence-corrected chi connectivity index (χ3v) is 4.46. The van der Waals surface area contributed by atoms with Gasteiger partial charge in [0.25, 0.3) is 5.91 Å². The van der Waals surface area contributed by atoms with Gasteiger partial charge in [-0.1, -0.05) is 11.6 Å². The molecule has 1 aromatic heterocycles. The number of piperidine rings is 3. The SMILES string of the molecule is O=C(N[C@H]1CN2CCC1CC2)c1ncc(Cl)c(C(F)(F)F)n1. The van der Waals surface area contributed by atoms with Crippen LogP contribution in [0.15, 0.2) is 6.20 Å². The second kappa shape index (κ2) is 5.66. The van der Waals surface area contributed by atoms with Crippen molar-refractivity contribution in [1.82, 2.24) is 20.2 Å². The van der Waals surface area contributed by atoms with Crippen molar-refractivity contribution in [3.8, 4) is 0 Å². The van der Waals surface area contributed by atoms with E-state index in [1.54, 1.807) is 0 Å². The van der Waals surface area contributed by atoms with Crippen LogP contribution in [-0.2, 0) is 6.18 Å². The molecule has 9 heteroatoms. The van der Waals surface area contributed by atoms with Crippen molar-refractivity contribution in [2.24, 2.45) is 5.92 Å². The van der Waals surface area contributed by atoms with Crippen LogP contribution in [0.5, 0.6) is 0 Å². The average Bonchev–Trinajstić information content (AvgIpc) is 2.47. The van der Waals surface area contributed by atoms with Gasteiger partial charge < -0.3 is 10.2 Å². The predicted molar refractivity (Wildman–Crippen MR) is 72.5 cm³/mol. The van der Waals surface area contributed by atoms with Crippen LogP contribution < -0.4 is 5.32 Å². The first kappa shape index (κ1) is 15.5. The highest BCUT2D eigenvalue weighted by Gasteiger charge is 2.38. The largest absolute Gasteiger partial charge is 0.434 e. The van der Waals surface area contributed by atoms with Crippen LogP contribution in [0.3, 0.4) is 0 Å². The number of nitrogens with one attached hydrogen (secondary N) is 1. The fourth-order valence-corrected chi connectivity index (χ4v) is 3.24. The Hall–Kier alpha value is -1.41. The van der Waals surface area contributed by atoms with Gasteiger partial charge in [0.15, 0.2) is 5.69 Å². The molecule has 0 spiro atoms. The second-order valence-corrected chi connectivity index (χ2v) is 6.01. The molecule has 0 aliphatic carbocycles. The molecule has 1 atom stereocenters. The Morgan fingerprint density at radius 3 is 2.59 bits per heavy atom. The smallest absolute Gasteiger partial charge is 0.345 e. The van der Waals surface area contributed by atoms with Gasteiger partial charge in [-0.25, -0.2) is 9.97 Å². The number of carbonyl (C=O) groups excluding carboxylic acids is 1. The highest BCUT2D eigenvalue weighted by Crippen LogP contribution is 2.32. The zero-order valence-corrected chi connectivity index (χ0v) is 12.3. The summed E-state index contributed by atoms with van der Waals surface area (Å²) < 4.78 is 38.3. The molecule has 4 heterocycles. The first-order valence-corrected chi connectivity index (χ1v) is 7.35. The fourth-order valence-electron chi connectivity index (χ4n) is 3.04. The number of carbonyl (C=O) groups is 1. The van der Waals surface area contributed by atoms with Gasteiger partial charge in [-0.05, 0) is 31.8 Å². The minimum Gasteiger partial charge on any atom is -0.345 e. The summed E-state index contributed by atoms with van der Waals surface area (Å²) in [6.45, 7) is 2.73. The number of nitrogens with zero attached hydrogens (tertiary/aromatic N) is 3. The molecule has 3 fully saturated rings. The summed E-state index contributed by atoms with van der Waals surface area (Å²) in [4.78, 5) is 21.2. The number of fused-ring (bicyclic) bond motifs is 3. The Morgan fingerprint density at radius 1 is 1.36 bits per heavy atom. The zero-order valence-electron chi connectivity index (χ0n) is 11.5. The molecule has 3 saturated heterocycles. The van der Waals surface area contributed by atoms with Crippen LogP contribution in [0.1, 0.15) is 29.2 Å². The summed E-state index contributed by atoms with van der Waals surface area (Å²) >= 11 is 5.45. The van der Waals surface area contributed by atoms with Crippen molar-refractivity contribution in [2.75, 3.05) is 19.6 Å². The lowest BCUT2D eigenvalue weighted by atomic mass is 9.84. The van der Waals surface area contributed by atoms with E-state index in [4.69, 9.17) is 11.6 Å². The summed E-state index contributed by atoms with van der Waals surface area (Å²) in [7, 11) is 0. The van der Waals surface area contributed by atoms with E-state index in [2.05, 4.69) is 20.2 Å². The zero-order chi connectivity index (χ0) is 15.9. The topological polar surface area (TPSA) is 58.1 Å². The molecule has 1 N–H and O–H groups in total. The number of aromatic nitrogens is 2. The van der Waals surface area contributed by atoms with E-state index in [1.165, 1.54) is 0 Å². The number of halogens is 4. The van der Waals surface area contributed by atoms with Gasteiger partial charge in [0.1, 0.15) is 0 Å². The van der Waals surface area contributed by atoms with Gasteiger partial charge in [0.2, 0.25) is 5.82 Å². The van der Waals surface area contributed by atoms with Crippen LogP contribution in [0.4, 0.5) is 13.2 Å². The van der Waals surface area contributed by atoms with E-state index in [9.17, 15) is 18.0 Å². The molecule has 0 radical (unpaired) electrons. The summed E-state index contributed by atoms with van der Waals surface area (Å²) in [5.41, 5.74) is -1.29. The molecule has 22 heavy (non-hydrogen) atoms. The van der Waals surface area contributed by atoms with Crippen LogP contribution >= 0.6 is 11.6 Å². The van der Waals surface area contributed by atoms with Crippen LogP contribution in [0.25, 0.3) is 0 Å². The molecule has 4 rings (SSSR count). The molecular weight excluding hydrogens is 321 g/mol.